The van der Waals surface area contributed by atoms with Crippen molar-refractivity contribution in [2.75, 3.05) is 13.2 Å². The fourth-order valence-electron chi connectivity index (χ4n) is 2.28. The van der Waals surface area contributed by atoms with E-state index in [9.17, 15) is 15.0 Å². The van der Waals surface area contributed by atoms with Crippen molar-refractivity contribution < 1.29 is 15.0 Å². The lowest BCUT2D eigenvalue weighted by Gasteiger charge is -2.31. The first-order chi connectivity index (χ1) is 11.1. The van der Waals surface area contributed by atoms with E-state index in [0.29, 0.717) is 17.5 Å². The molecule has 0 spiro atoms. The van der Waals surface area contributed by atoms with E-state index in [2.05, 4.69) is 5.32 Å². The number of aliphatic hydroxyl groups is 2. The molecule has 0 heterocycles. The maximum atomic E-state index is 12.4. The minimum atomic E-state index is -1.15. The van der Waals surface area contributed by atoms with Gasteiger partial charge in [0, 0.05) is 12.0 Å². The second-order valence-electron chi connectivity index (χ2n) is 5.40. The molecule has 5 heteroatoms. The van der Waals surface area contributed by atoms with Gasteiger partial charge < -0.3 is 15.5 Å². The number of carbonyl (C=O) groups excluding carboxylic acids is 1. The number of rotatable bonds is 6. The molecule has 0 unspecified atom stereocenters. The molecule has 0 atom stereocenters. The van der Waals surface area contributed by atoms with E-state index in [1.54, 1.807) is 12.1 Å². The molecule has 2 rings (SSSR count). The van der Waals surface area contributed by atoms with Crippen LogP contribution in [-0.4, -0.2) is 34.9 Å². The van der Waals surface area contributed by atoms with E-state index in [-0.39, 0.29) is 13.2 Å². The van der Waals surface area contributed by atoms with Gasteiger partial charge in [-0.05, 0) is 29.8 Å². The zero-order chi connectivity index (χ0) is 16.7. The second kappa shape index (κ2) is 7.54. The highest BCUT2D eigenvalue weighted by molar-refractivity contribution is 5.94. The minimum absolute atomic E-state index is 0.308. The van der Waals surface area contributed by atoms with Crippen LogP contribution in [0.1, 0.15) is 21.5 Å². The highest BCUT2D eigenvalue weighted by atomic mass is 16.3. The van der Waals surface area contributed by atoms with Gasteiger partial charge >= 0.3 is 0 Å². The SMILES string of the molecule is N#Cc1ccc(C(=O)NC(CO)(CO)Cc2ccccc2)cc1. The molecule has 0 saturated carbocycles. The number of hydrogen-bond acceptors (Lipinski definition) is 4. The number of nitrogens with one attached hydrogen (secondary N) is 1. The largest absolute Gasteiger partial charge is 0.394 e. The van der Waals surface area contributed by atoms with E-state index in [1.165, 1.54) is 12.1 Å². The molecular formula is C18H18N2O3. The summed E-state index contributed by atoms with van der Waals surface area (Å²) < 4.78 is 0. The normalized spacial score (nSPS) is 10.8. The van der Waals surface area contributed by atoms with E-state index in [4.69, 9.17) is 5.26 Å². The Morgan fingerprint density at radius 3 is 2.17 bits per heavy atom. The summed E-state index contributed by atoms with van der Waals surface area (Å²) in [4.78, 5) is 12.4. The monoisotopic (exact) mass is 310 g/mol. The van der Waals surface area contributed by atoms with Crippen LogP contribution in [0.15, 0.2) is 54.6 Å². The molecule has 0 radical (unpaired) electrons. The maximum Gasteiger partial charge on any atom is 0.251 e. The van der Waals surface area contributed by atoms with Crippen molar-refractivity contribution in [3.63, 3.8) is 0 Å². The molecule has 2 aromatic carbocycles. The fourth-order valence-corrected chi connectivity index (χ4v) is 2.28. The molecule has 0 aliphatic heterocycles. The number of aliphatic hydroxyl groups excluding tert-OH is 2. The second-order valence-corrected chi connectivity index (χ2v) is 5.40. The predicted octanol–water partition coefficient (Wildman–Crippen LogP) is 1.25. The van der Waals surface area contributed by atoms with Gasteiger partial charge in [0.15, 0.2) is 0 Å². The molecule has 118 valence electrons. The van der Waals surface area contributed by atoms with Crippen LogP contribution in [0.5, 0.6) is 0 Å². The van der Waals surface area contributed by atoms with Crippen molar-refractivity contribution in [3.05, 3.63) is 71.3 Å². The maximum absolute atomic E-state index is 12.4. The van der Waals surface area contributed by atoms with Gasteiger partial charge in [-0.2, -0.15) is 5.26 Å². The number of benzene rings is 2. The van der Waals surface area contributed by atoms with Crippen LogP contribution in [0, 0.1) is 11.3 Å². The zero-order valence-corrected chi connectivity index (χ0v) is 12.6. The van der Waals surface area contributed by atoms with Gasteiger partial charge in [-0.1, -0.05) is 30.3 Å². The van der Waals surface area contributed by atoms with E-state index < -0.39 is 11.4 Å². The molecular weight excluding hydrogens is 292 g/mol. The molecule has 0 aliphatic rings. The molecule has 5 nitrogen and oxygen atoms in total. The number of carbonyl (C=O) groups is 1. The fraction of sp³-hybridized carbons (Fsp3) is 0.222. The summed E-state index contributed by atoms with van der Waals surface area (Å²) in [5.41, 5.74) is 0.576. The van der Waals surface area contributed by atoms with E-state index in [1.807, 2.05) is 36.4 Å². The summed E-state index contributed by atoms with van der Waals surface area (Å²) in [7, 11) is 0. The van der Waals surface area contributed by atoms with Crippen molar-refractivity contribution in [2.45, 2.75) is 12.0 Å². The Morgan fingerprint density at radius 1 is 1.04 bits per heavy atom. The summed E-state index contributed by atoms with van der Waals surface area (Å²) in [6.45, 7) is -0.777. The lowest BCUT2D eigenvalue weighted by atomic mass is 9.91. The van der Waals surface area contributed by atoms with Gasteiger partial charge in [0.05, 0.1) is 30.4 Å². The van der Waals surface area contributed by atoms with E-state index >= 15 is 0 Å². The molecule has 1 amide bonds. The van der Waals surface area contributed by atoms with Gasteiger partial charge in [-0.25, -0.2) is 0 Å². The molecule has 0 bridgehead atoms. The third-order valence-corrected chi connectivity index (χ3v) is 3.65. The van der Waals surface area contributed by atoms with Gasteiger partial charge in [0.25, 0.3) is 5.91 Å². The van der Waals surface area contributed by atoms with Crippen LogP contribution < -0.4 is 5.32 Å². The van der Waals surface area contributed by atoms with Crippen LogP contribution in [0.3, 0.4) is 0 Å². The average molecular weight is 310 g/mol. The molecule has 23 heavy (non-hydrogen) atoms. The quantitative estimate of drug-likeness (QED) is 0.748. The summed E-state index contributed by atoms with van der Waals surface area (Å²) in [6.07, 6.45) is 0.308. The summed E-state index contributed by atoms with van der Waals surface area (Å²) in [5.74, 6) is -0.409. The molecule has 0 saturated heterocycles. The van der Waals surface area contributed by atoms with Crippen molar-refractivity contribution in [1.82, 2.24) is 5.32 Å². The Balaban J connectivity index is 2.17. The van der Waals surface area contributed by atoms with E-state index in [0.717, 1.165) is 5.56 Å². The van der Waals surface area contributed by atoms with Crippen molar-refractivity contribution in [2.24, 2.45) is 0 Å². The van der Waals surface area contributed by atoms with Gasteiger partial charge in [0.2, 0.25) is 0 Å². The Labute approximate surface area is 134 Å². The standard InChI is InChI=1S/C18H18N2O3/c19-11-15-6-8-16(9-7-15)17(23)20-18(12-21,13-22)10-14-4-2-1-3-5-14/h1-9,21-22H,10,12-13H2,(H,20,23). The molecule has 0 aromatic heterocycles. The summed E-state index contributed by atoms with van der Waals surface area (Å²) in [5, 5.41) is 30.9. The van der Waals surface area contributed by atoms with Crippen LogP contribution >= 0.6 is 0 Å². The lowest BCUT2D eigenvalue weighted by Crippen LogP contribution is -2.55. The van der Waals surface area contributed by atoms with Crippen molar-refractivity contribution in [1.29, 1.82) is 5.26 Å². The Kier molecular flexibility index (Phi) is 5.47. The third kappa shape index (κ3) is 4.16. The van der Waals surface area contributed by atoms with Gasteiger partial charge in [0.1, 0.15) is 0 Å². The predicted molar refractivity (Wildman–Crippen MR) is 85.7 cm³/mol. The smallest absolute Gasteiger partial charge is 0.251 e. The molecule has 3 N–H and O–H groups in total. The Morgan fingerprint density at radius 2 is 1.65 bits per heavy atom. The van der Waals surface area contributed by atoms with Gasteiger partial charge in [-0.15, -0.1) is 0 Å². The summed E-state index contributed by atoms with van der Waals surface area (Å²) >= 11 is 0. The number of amides is 1. The van der Waals surface area contributed by atoms with Crippen LogP contribution in [0.25, 0.3) is 0 Å². The Bertz CT molecular complexity index is 686. The van der Waals surface area contributed by atoms with Crippen LogP contribution in [0.4, 0.5) is 0 Å². The zero-order valence-electron chi connectivity index (χ0n) is 12.6. The first kappa shape index (κ1) is 16.7. The van der Waals surface area contributed by atoms with Gasteiger partial charge in [-0.3, -0.25) is 4.79 Å². The van der Waals surface area contributed by atoms with Crippen LogP contribution in [0.2, 0.25) is 0 Å². The molecule has 0 fully saturated rings. The highest BCUT2D eigenvalue weighted by Crippen LogP contribution is 2.15. The van der Waals surface area contributed by atoms with Crippen LogP contribution in [-0.2, 0) is 6.42 Å². The number of nitrogens with zero attached hydrogens (tertiary/aromatic N) is 1. The third-order valence-electron chi connectivity index (χ3n) is 3.65. The molecule has 0 aliphatic carbocycles. The van der Waals surface area contributed by atoms with Crippen molar-refractivity contribution >= 4 is 5.91 Å². The first-order valence-corrected chi connectivity index (χ1v) is 7.21. The number of hydrogen-bond donors (Lipinski definition) is 3. The lowest BCUT2D eigenvalue weighted by molar-refractivity contribution is 0.0667. The first-order valence-electron chi connectivity index (χ1n) is 7.21. The number of nitriles is 1. The minimum Gasteiger partial charge on any atom is -0.394 e. The average Bonchev–Trinajstić information content (AvgIpc) is 2.62. The highest BCUT2D eigenvalue weighted by Gasteiger charge is 2.31. The summed E-state index contributed by atoms with van der Waals surface area (Å²) in [6, 6.07) is 17.5. The topological polar surface area (TPSA) is 93.4 Å². The Hall–Kier alpha value is -2.68. The van der Waals surface area contributed by atoms with Crippen molar-refractivity contribution in [3.8, 4) is 6.07 Å². The molecule has 2 aromatic rings.